The smallest absolute Gasteiger partial charge is 0.417 e. The van der Waals surface area contributed by atoms with E-state index in [0.29, 0.717) is 35.4 Å². The molecule has 1 heterocycles. The summed E-state index contributed by atoms with van der Waals surface area (Å²) in [7, 11) is 0. The molecule has 3 aromatic rings. The first kappa shape index (κ1) is 21.9. The molecule has 2 aromatic carbocycles. The van der Waals surface area contributed by atoms with Crippen LogP contribution in [0.3, 0.4) is 0 Å². The molecule has 0 amide bonds. The number of alkyl halides is 3. The second-order valence-corrected chi connectivity index (χ2v) is 7.80. The van der Waals surface area contributed by atoms with Crippen LogP contribution in [0.15, 0.2) is 36.4 Å². The third-order valence-electron chi connectivity index (χ3n) is 5.41. The molecular weight excluding hydrogens is 449 g/mol. The highest BCUT2D eigenvalue weighted by atomic mass is 35.5. The molecule has 1 aliphatic carbocycles. The van der Waals surface area contributed by atoms with E-state index in [2.05, 4.69) is 5.10 Å². The first-order valence-corrected chi connectivity index (χ1v) is 10.0. The molecule has 0 radical (unpaired) electrons. The van der Waals surface area contributed by atoms with Gasteiger partial charge in [-0.05, 0) is 49.9 Å². The number of carbonyl (C=O) groups excluding carboxylic acids is 1. The zero-order valence-corrected chi connectivity index (χ0v) is 17.2. The van der Waals surface area contributed by atoms with Gasteiger partial charge >= 0.3 is 12.1 Å². The number of aromatic hydroxyl groups is 1. The summed E-state index contributed by atoms with van der Waals surface area (Å²) in [6, 6.07) is 6.98. The lowest BCUT2D eigenvalue weighted by Gasteiger charge is -2.16. The van der Waals surface area contributed by atoms with Gasteiger partial charge in [-0.1, -0.05) is 23.7 Å². The highest BCUT2D eigenvalue weighted by Crippen LogP contribution is 2.38. The summed E-state index contributed by atoms with van der Waals surface area (Å²) in [6.07, 6.45) is -2.31. The largest absolute Gasteiger partial charge is 0.507 e. The van der Waals surface area contributed by atoms with Gasteiger partial charge in [-0.15, -0.1) is 0 Å². The van der Waals surface area contributed by atoms with Gasteiger partial charge in [0.2, 0.25) is 0 Å². The van der Waals surface area contributed by atoms with Crippen LogP contribution in [0.25, 0.3) is 11.3 Å². The van der Waals surface area contributed by atoms with Crippen LogP contribution in [0.1, 0.15) is 50.4 Å². The molecule has 0 unspecified atom stereocenters. The second kappa shape index (κ2) is 7.98. The van der Waals surface area contributed by atoms with Crippen LogP contribution in [0, 0.1) is 0 Å². The van der Waals surface area contributed by atoms with E-state index in [1.54, 1.807) is 0 Å². The molecule has 0 aliphatic heterocycles. The van der Waals surface area contributed by atoms with E-state index in [0.717, 1.165) is 29.7 Å². The van der Waals surface area contributed by atoms with Crippen molar-refractivity contribution in [1.82, 2.24) is 9.78 Å². The molecule has 1 aromatic heterocycles. The fourth-order valence-corrected chi connectivity index (χ4v) is 4.20. The second-order valence-electron chi connectivity index (χ2n) is 7.40. The van der Waals surface area contributed by atoms with Crippen LogP contribution in [0.5, 0.6) is 5.75 Å². The maximum Gasteiger partial charge on any atom is 0.417 e. The number of aromatic carboxylic acids is 1. The van der Waals surface area contributed by atoms with Crippen LogP contribution in [0.4, 0.5) is 13.2 Å². The molecule has 0 saturated carbocycles. The molecule has 4 rings (SSSR count). The van der Waals surface area contributed by atoms with Gasteiger partial charge in [0.25, 0.3) is 5.91 Å². The minimum atomic E-state index is -4.79. The third kappa shape index (κ3) is 3.73. The van der Waals surface area contributed by atoms with Crippen molar-refractivity contribution in [1.29, 1.82) is 0 Å². The Hall–Kier alpha value is -3.33. The quantitative estimate of drug-likeness (QED) is 0.556. The highest BCUT2D eigenvalue weighted by Gasteiger charge is 2.38. The van der Waals surface area contributed by atoms with Crippen molar-refractivity contribution in [2.45, 2.75) is 31.9 Å². The molecule has 6 nitrogen and oxygen atoms in total. The van der Waals surface area contributed by atoms with Gasteiger partial charge in [-0.25, -0.2) is 4.79 Å². The van der Waals surface area contributed by atoms with Crippen LogP contribution < -0.4 is 0 Å². The Balaban J connectivity index is 1.88. The molecular formula is C22H16ClF3N2O4. The first-order chi connectivity index (χ1) is 15.1. The monoisotopic (exact) mass is 464 g/mol. The van der Waals surface area contributed by atoms with Crippen molar-refractivity contribution in [3.05, 3.63) is 69.4 Å². The summed E-state index contributed by atoms with van der Waals surface area (Å²) < 4.78 is 41.6. The van der Waals surface area contributed by atoms with Crippen molar-refractivity contribution in [3.63, 3.8) is 0 Å². The number of fused-ring (bicyclic) bond motifs is 1. The molecule has 1 aliphatic rings. The number of hydrogen-bond donors (Lipinski definition) is 2. The Labute approximate surface area is 184 Å². The van der Waals surface area contributed by atoms with Crippen molar-refractivity contribution in [2.75, 3.05) is 0 Å². The van der Waals surface area contributed by atoms with Gasteiger partial charge in [-0.2, -0.15) is 23.0 Å². The number of carboxylic acid groups (broad SMARTS) is 1. The lowest BCUT2D eigenvalue weighted by atomic mass is 9.93. The van der Waals surface area contributed by atoms with Crippen molar-refractivity contribution in [3.8, 4) is 17.0 Å². The number of aromatic nitrogens is 2. The fraction of sp³-hybridized carbons (Fsp3) is 0.227. The van der Waals surface area contributed by atoms with E-state index in [9.17, 15) is 27.9 Å². The van der Waals surface area contributed by atoms with E-state index in [1.165, 1.54) is 24.3 Å². The Kier molecular flexibility index (Phi) is 5.46. The molecule has 166 valence electrons. The third-order valence-corrected chi connectivity index (χ3v) is 5.72. The molecule has 0 atom stereocenters. The molecule has 0 spiro atoms. The van der Waals surface area contributed by atoms with Crippen LogP contribution in [-0.4, -0.2) is 31.9 Å². The van der Waals surface area contributed by atoms with E-state index in [1.807, 2.05) is 0 Å². The number of benzene rings is 2. The topological polar surface area (TPSA) is 92.4 Å². The SMILES string of the molecule is O=C(O)c1ccc(-c2nn(C(=O)c3c(Cl)cccc3C(F)(F)F)c3c2CCCC3)cc1O. The average molecular weight is 465 g/mol. The van der Waals surface area contributed by atoms with E-state index < -0.39 is 34.9 Å². The zero-order valence-electron chi connectivity index (χ0n) is 16.4. The first-order valence-electron chi connectivity index (χ1n) is 9.67. The highest BCUT2D eigenvalue weighted by molar-refractivity contribution is 6.34. The van der Waals surface area contributed by atoms with Crippen LogP contribution >= 0.6 is 11.6 Å². The van der Waals surface area contributed by atoms with Crippen molar-refractivity contribution < 1.29 is 33.0 Å². The summed E-state index contributed by atoms with van der Waals surface area (Å²) in [5.74, 6) is -2.79. The lowest BCUT2D eigenvalue weighted by Crippen LogP contribution is -2.22. The van der Waals surface area contributed by atoms with E-state index >= 15 is 0 Å². The zero-order chi connectivity index (χ0) is 23.2. The summed E-state index contributed by atoms with van der Waals surface area (Å²) in [6.45, 7) is 0. The number of carbonyl (C=O) groups is 2. The maximum absolute atomic E-state index is 13.5. The van der Waals surface area contributed by atoms with E-state index in [4.69, 9.17) is 16.7 Å². The van der Waals surface area contributed by atoms with Gasteiger partial charge in [0.05, 0.1) is 27.5 Å². The molecule has 2 N–H and O–H groups in total. The molecule has 32 heavy (non-hydrogen) atoms. The molecule has 0 fully saturated rings. The number of rotatable bonds is 3. The normalized spacial score (nSPS) is 13.6. The van der Waals surface area contributed by atoms with Gasteiger partial charge < -0.3 is 10.2 Å². The summed E-state index contributed by atoms with van der Waals surface area (Å²) >= 11 is 6.00. The van der Waals surface area contributed by atoms with Crippen LogP contribution in [-0.2, 0) is 19.0 Å². The molecule has 10 heteroatoms. The molecule has 0 saturated heterocycles. The standard InChI is InChI=1S/C22H16ClF3N2O4/c23-15-6-3-5-14(22(24,25)26)18(15)20(30)28-16-7-2-1-4-12(16)19(27-28)11-8-9-13(21(31)32)17(29)10-11/h3,5-6,8-10,29H,1-2,4,7H2,(H,31,32). The predicted molar refractivity (Wildman–Crippen MR) is 109 cm³/mol. The average Bonchev–Trinajstić information content (AvgIpc) is 3.12. The molecule has 0 bridgehead atoms. The summed E-state index contributed by atoms with van der Waals surface area (Å²) in [5, 5.41) is 23.1. The Morgan fingerprint density at radius 2 is 1.81 bits per heavy atom. The number of nitrogens with zero attached hydrogens (tertiary/aromatic N) is 2. The minimum absolute atomic E-state index is 0.302. The minimum Gasteiger partial charge on any atom is -0.507 e. The van der Waals surface area contributed by atoms with Crippen molar-refractivity contribution in [2.24, 2.45) is 0 Å². The van der Waals surface area contributed by atoms with Crippen LogP contribution in [0.2, 0.25) is 5.02 Å². The van der Waals surface area contributed by atoms with Gasteiger partial charge in [0.1, 0.15) is 11.3 Å². The number of phenols is 1. The fourth-order valence-electron chi connectivity index (χ4n) is 3.94. The Morgan fingerprint density at radius 1 is 1.09 bits per heavy atom. The number of halogens is 4. The van der Waals surface area contributed by atoms with Gasteiger partial charge in [-0.3, -0.25) is 4.79 Å². The number of carboxylic acids is 1. The Bertz CT molecular complexity index is 1250. The lowest BCUT2D eigenvalue weighted by molar-refractivity contribution is -0.137. The number of hydrogen-bond acceptors (Lipinski definition) is 4. The maximum atomic E-state index is 13.5. The predicted octanol–water partition coefficient (Wildman–Crippen LogP) is 5.19. The Morgan fingerprint density at radius 3 is 2.47 bits per heavy atom. The summed E-state index contributed by atoms with van der Waals surface area (Å²) in [5.41, 5.74) is -0.329. The summed E-state index contributed by atoms with van der Waals surface area (Å²) in [4.78, 5) is 24.4. The van der Waals surface area contributed by atoms with E-state index in [-0.39, 0.29) is 10.6 Å². The van der Waals surface area contributed by atoms with Gasteiger partial charge in [0.15, 0.2) is 0 Å². The van der Waals surface area contributed by atoms with Gasteiger partial charge in [0, 0.05) is 11.1 Å². The van der Waals surface area contributed by atoms with Crippen molar-refractivity contribution >= 4 is 23.5 Å².